The molecule has 5 heteroatoms. The zero-order chi connectivity index (χ0) is 9.97. The summed E-state index contributed by atoms with van der Waals surface area (Å²) in [5, 5.41) is 4.85. The van der Waals surface area contributed by atoms with Crippen LogP contribution < -0.4 is 5.32 Å². The molecule has 0 spiro atoms. The predicted octanol–water partition coefficient (Wildman–Crippen LogP) is 2.90. The molecule has 0 amide bonds. The van der Waals surface area contributed by atoms with Crippen LogP contribution in [0.5, 0.6) is 0 Å². The second kappa shape index (κ2) is 3.94. The van der Waals surface area contributed by atoms with Crippen LogP contribution in [0.2, 0.25) is 4.34 Å². The first-order valence-electron chi connectivity index (χ1n) is 4.04. The molecule has 0 unspecified atom stereocenters. The van der Waals surface area contributed by atoms with E-state index < -0.39 is 0 Å². The second-order valence-electron chi connectivity index (χ2n) is 2.64. The molecular weight excluding hydrogens is 218 g/mol. The number of aromatic nitrogens is 2. The lowest BCUT2D eigenvalue weighted by molar-refractivity contribution is 1.19. The number of anilines is 1. The maximum absolute atomic E-state index is 5.98. The van der Waals surface area contributed by atoms with Gasteiger partial charge in [0.1, 0.15) is 10.2 Å². The predicted molar refractivity (Wildman–Crippen MR) is 59.9 cm³/mol. The Morgan fingerprint density at radius 1 is 1.36 bits per heavy atom. The van der Waals surface area contributed by atoms with Crippen molar-refractivity contribution in [1.82, 2.24) is 9.97 Å². The van der Waals surface area contributed by atoms with Gasteiger partial charge in [-0.1, -0.05) is 11.6 Å². The third kappa shape index (κ3) is 1.71. The Bertz CT molecular complexity index is 424. The molecule has 3 nitrogen and oxygen atoms in total. The Labute approximate surface area is 90.8 Å². The minimum absolute atomic E-state index is 0.747. The SMILES string of the molecule is CNc1cnc(-c2ccsc2Cl)cn1. The first kappa shape index (κ1) is 9.43. The topological polar surface area (TPSA) is 37.8 Å². The molecule has 0 fully saturated rings. The summed E-state index contributed by atoms with van der Waals surface area (Å²) in [7, 11) is 1.81. The monoisotopic (exact) mass is 225 g/mol. The average molecular weight is 226 g/mol. The zero-order valence-corrected chi connectivity index (χ0v) is 9.06. The van der Waals surface area contributed by atoms with Crippen LogP contribution in [0.3, 0.4) is 0 Å². The van der Waals surface area contributed by atoms with Crippen molar-refractivity contribution >= 4 is 28.8 Å². The van der Waals surface area contributed by atoms with Crippen LogP contribution >= 0.6 is 22.9 Å². The van der Waals surface area contributed by atoms with Gasteiger partial charge in [-0.3, -0.25) is 4.98 Å². The Balaban J connectivity index is 2.39. The van der Waals surface area contributed by atoms with Gasteiger partial charge in [0.2, 0.25) is 0 Å². The summed E-state index contributed by atoms with van der Waals surface area (Å²) in [5.74, 6) is 0.750. The van der Waals surface area contributed by atoms with E-state index >= 15 is 0 Å². The lowest BCUT2D eigenvalue weighted by atomic mass is 10.2. The molecule has 0 aliphatic carbocycles. The maximum Gasteiger partial charge on any atom is 0.144 e. The Hall–Kier alpha value is -1.13. The molecule has 0 aliphatic rings. The first-order chi connectivity index (χ1) is 6.81. The number of halogens is 1. The van der Waals surface area contributed by atoms with Crippen molar-refractivity contribution in [2.24, 2.45) is 0 Å². The standard InChI is InChI=1S/C9H8ClN3S/c1-11-8-5-12-7(4-13-8)6-2-3-14-9(6)10/h2-5H,1H3,(H,11,13). The molecule has 1 N–H and O–H groups in total. The number of hydrogen-bond donors (Lipinski definition) is 1. The summed E-state index contributed by atoms with van der Waals surface area (Å²) in [4.78, 5) is 8.42. The Morgan fingerprint density at radius 2 is 2.21 bits per heavy atom. The lowest BCUT2D eigenvalue weighted by Crippen LogP contribution is -1.93. The summed E-state index contributed by atoms with van der Waals surface area (Å²) >= 11 is 7.47. The summed E-state index contributed by atoms with van der Waals surface area (Å²) in [6.07, 6.45) is 3.39. The molecule has 2 heterocycles. The highest BCUT2D eigenvalue weighted by Gasteiger charge is 2.05. The summed E-state index contributed by atoms with van der Waals surface area (Å²) in [6, 6.07) is 1.94. The molecule has 2 aromatic rings. The van der Waals surface area contributed by atoms with E-state index in [1.807, 2.05) is 11.4 Å². The molecule has 0 radical (unpaired) electrons. The van der Waals surface area contributed by atoms with Gasteiger partial charge in [0.05, 0.1) is 18.1 Å². The highest BCUT2D eigenvalue weighted by molar-refractivity contribution is 7.15. The van der Waals surface area contributed by atoms with E-state index in [9.17, 15) is 0 Å². The van der Waals surface area contributed by atoms with Gasteiger partial charge in [-0.25, -0.2) is 4.98 Å². The van der Waals surface area contributed by atoms with E-state index in [2.05, 4.69) is 15.3 Å². The van der Waals surface area contributed by atoms with E-state index in [4.69, 9.17) is 11.6 Å². The molecule has 2 aromatic heterocycles. The number of rotatable bonds is 2. The quantitative estimate of drug-likeness (QED) is 0.854. The molecule has 0 saturated carbocycles. The zero-order valence-electron chi connectivity index (χ0n) is 7.49. The van der Waals surface area contributed by atoms with E-state index in [0.29, 0.717) is 0 Å². The summed E-state index contributed by atoms with van der Waals surface area (Å²) in [6.45, 7) is 0. The largest absolute Gasteiger partial charge is 0.372 e. The van der Waals surface area contributed by atoms with Crippen LogP contribution in [-0.4, -0.2) is 17.0 Å². The summed E-state index contributed by atoms with van der Waals surface area (Å²) in [5.41, 5.74) is 1.74. The molecule has 72 valence electrons. The third-order valence-corrected chi connectivity index (χ3v) is 2.97. The van der Waals surface area contributed by atoms with Gasteiger partial charge in [0.15, 0.2) is 0 Å². The fourth-order valence-electron chi connectivity index (χ4n) is 1.07. The average Bonchev–Trinajstić information content (AvgIpc) is 2.65. The van der Waals surface area contributed by atoms with Crippen molar-refractivity contribution in [3.63, 3.8) is 0 Å². The van der Waals surface area contributed by atoms with E-state index in [0.717, 1.165) is 21.4 Å². The first-order valence-corrected chi connectivity index (χ1v) is 5.30. The minimum Gasteiger partial charge on any atom is -0.372 e. The highest BCUT2D eigenvalue weighted by atomic mass is 35.5. The molecule has 0 aliphatic heterocycles. The van der Waals surface area contributed by atoms with Gasteiger partial charge in [-0.05, 0) is 11.4 Å². The number of thiophene rings is 1. The van der Waals surface area contributed by atoms with Gasteiger partial charge in [0, 0.05) is 12.6 Å². The van der Waals surface area contributed by atoms with Crippen molar-refractivity contribution in [3.05, 3.63) is 28.2 Å². The Morgan fingerprint density at radius 3 is 2.71 bits per heavy atom. The number of nitrogens with zero attached hydrogens (tertiary/aromatic N) is 2. The third-order valence-electron chi connectivity index (χ3n) is 1.80. The molecule has 0 aromatic carbocycles. The van der Waals surface area contributed by atoms with Gasteiger partial charge in [-0.2, -0.15) is 0 Å². The number of nitrogens with one attached hydrogen (secondary N) is 1. The van der Waals surface area contributed by atoms with Crippen LogP contribution in [0.15, 0.2) is 23.8 Å². The van der Waals surface area contributed by atoms with Crippen molar-refractivity contribution in [3.8, 4) is 11.3 Å². The van der Waals surface area contributed by atoms with Crippen LogP contribution in [0.4, 0.5) is 5.82 Å². The fraction of sp³-hybridized carbons (Fsp3) is 0.111. The van der Waals surface area contributed by atoms with Crippen LogP contribution in [0.1, 0.15) is 0 Å². The maximum atomic E-state index is 5.98. The fourth-order valence-corrected chi connectivity index (χ4v) is 2.01. The van der Waals surface area contributed by atoms with Gasteiger partial charge in [0.25, 0.3) is 0 Å². The van der Waals surface area contributed by atoms with Crippen LogP contribution in [-0.2, 0) is 0 Å². The van der Waals surface area contributed by atoms with Gasteiger partial charge in [-0.15, -0.1) is 11.3 Å². The molecule has 14 heavy (non-hydrogen) atoms. The minimum atomic E-state index is 0.747. The molecular formula is C9H8ClN3S. The van der Waals surface area contributed by atoms with E-state index in [-0.39, 0.29) is 0 Å². The van der Waals surface area contributed by atoms with E-state index in [1.165, 1.54) is 11.3 Å². The smallest absolute Gasteiger partial charge is 0.144 e. The molecule has 0 saturated heterocycles. The normalized spacial score (nSPS) is 10.1. The van der Waals surface area contributed by atoms with Crippen LogP contribution in [0, 0.1) is 0 Å². The molecule has 0 atom stereocenters. The van der Waals surface area contributed by atoms with Crippen molar-refractivity contribution in [2.45, 2.75) is 0 Å². The van der Waals surface area contributed by atoms with Gasteiger partial charge >= 0.3 is 0 Å². The molecule has 0 bridgehead atoms. The van der Waals surface area contributed by atoms with E-state index in [1.54, 1.807) is 19.4 Å². The van der Waals surface area contributed by atoms with Crippen LogP contribution in [0.25, 0.3) is 11.3 Å². The Kier molecular flexibility index (Phi) is 2.65. The molecule has 2 rings (SSSR count). The second-order valence-corrected chi connectivity index (χ2v) is 4.16. The van der Waals surface area contributed by atoms with Crippen molar-refractivity contribution in [2.75, 3.05) is 12.4 Å². The summed E-state index contributed by atoms with van der Waals surface area (Å²) < 4.78 is 0.747. The van der Waals surface area contributed by atoms with Gasteiger partial charge < -0.3 is 5.32 Å². The highest BCUT2D eigenvalue weighted by Crippen LogP contribution is 2.30. The van der Waals surface area contributed by atoms with Crippen molar-refractivity contribution < 1.29 is 0 Å². The lowest BCUT2D eigenvalue weighted by Gasteiger charge is -2.00. The number of hydrogen-bond acceptors (Lipinski definition) is 4. The van der Waals surface area contributed by atoms with Crippen molar-refractivity contribution in [1.29, 1.82) is 0 Å².